The van der Waals surface area contributed by atoms with Crippen molar-refractivity contribution in [1.29, 1.82) is 0 Å². The van der Waals surface area contributed by atoms with Crippen LogP contribution in [-0.4, -0.2) is 36.4 Å². The smallest absolute Gasteiger partial charge is 0.264 e. The molecule has 2 aliphatic carbocycles. The van der Waals surface area contributed by atoms with Crippen LogP contribution in [0.3, 0.4) is 0 Å². The highest BCUT2D eigenvalue weighted by Gasteiger charge is 2.79. The predicted octanol–water partition coefficient (Wildman–Crippen LogP) is 3.75. The molecule has 2 N–H and O–H groups in total. The lowest BCUT2D eigenvalue weighted by atomic mass is 9.70. The van der Waals surface area contributed by atoms with Gasteiger partial charge in [-0.05, 0) is 37.2 Å². The Morgan fingerprint density at radius 3 is 2.15 bits per heavy atom. The Bertz CT molecular complexity index is 657. The molecule has 2 saturated carbocycles. The number of nitrogens with zero attached hydrogens (tertiary/aromatic N) is 1. The molecule has 144 valence electrons. The fourth-order valence-electron chi connectivity index (χ4n) is 4.88. The molecule has 1 atom stereocenters. The number of benzene rings is 1. The molecule has 0 aromatic heterocycles. The van der Waals surface area contributed by atoms with Gasteiger partial charge >= 0.3 is 0 Å². The van der Waals surface area contributed by atoms with Crippen molar-refractivity contribution < 1.29 is 13.6 Å². The van der Waals surface area contributed by atoms with Crippen molar-refractivity contribution >= 4 is 18.3 Å². The summed E-state index contributed by atoms with van der Waals surface area (Å²) in [4.78, 5) is 14.7. The Hall–Kier alpha value is -1.20. The molecule has 0 spiro atoms. The molecule has 3 nitrogen and oxygen atoms in total. The fourth-order valence-corrected chi connectivity index (χ4v) is 4.88. The van der Waals surface area contributed by atoms with Crippen molar-refractivity contribution in [3.05, 3.63) is 35.9 Å². The second-order valence-corrected chi connectivity index (χ2v) is 8.12. The van der Waals surface area contributed by atoms with E-state index in [9.17, 15) is 13.6 Å². The van der Waals surface area contributed by atoms with Crippen LogP contribution >= 0.6 is 12.4 Å². The number of nitrogens with two attached hydrogens (primary N) is 1. The van der Waals surface area contributed by atoms with Gasteiger partial charge in [0, 0.05) is 31.5 Å². The molecule has 26 heavy (non-hydrogen) atoms. The summed E-state index contributed by atoms with van der Waals surface area (Å²) in [6, 6.07) is 10.1. The van der Waals surface area contributed by atoms with Crippen molar-refractivity contribution in [1.82, 2.24) is 4.90 Å². The summed E-state index contributed by atoms with van der Waals surface area (Å²) < 4.78 is 28.3. The van der Waals surface area contributed by atoms with E-state index in [-0.39, 0.29) is 36.1 Å². The molecular formula is C20H27ClF2N2O. The molecule has 1 aromatic carbocycles. The third-order valence-electron chi connectivity index (χ3n) is 7.00. The van der Waals surface area contributed by atoms with Crippen LogP contribution < -0.4 is 5.73 Å². The first kappa shape index (κ1) is 19.6. The Labute approximate surface area is 159 Å². The van der Waals surface area contributed by atoms with Gasteiger partial charge in [0.05, 0.1) is 0 Å². The largest absolute Gasteiger partial charge is 0.342 e. The summed E-state index contributed by atoms with van der Waals surface area (Å²) in [5, 5.41) is 0. The van der Waals surface area contributed by atoms with Crippen LogP contribution in [0.4, 0.5) is 8.78 Å². The summed E-state index contributed by atoms with van der Waals surface area (Å²) in [5.41, 5.74) is 5.75. The van der Waals surface area contributed by atoms with Crippen LogP contribution in [0.2, 0.25) is 0 Å². The van der Waals surface area contributed by atoms with Gasteiger partial charge in [-0.15, -0.1) is 12.4 Å². The van der Waals surface area contributed by atoms with E-state index in [1.807, 2.05) is 18.2 Å². The van der Waals surface area contributed by atoms with E-state index in [1.54, 1.807) is 4.90 Å². The first-order valence-electron chi connectivity index (χ1n) is 9.38. The highest BCUT2D eigenvalue weighted by molar-refractivity contribution is 5.88. The second kappa shape index (κ2) is 6.75. The Balaban J connectivity index is 0.00000196. The number of carbonyl (C=O) groups excluding carboxylic acids is 1. The van der Waals surface area contributed by atoms with Gasteiger partial charge in [0.15, 0.2) is 0 Å². The van der Waals surface area contributed by atoms with Gasteiger partial charge in [-0.1, -0.05) is 36.8 Å². The van der Waals surface area contributed by atoms with E-state index in [0.29, 0.717) is 19.6 Å². The summed E-state index contributed by atoms with van der Waals surface area (Å²) >= 11 is 0. The summed E-state index contributed by atoms with van der Waals surface area (Å²) in [6.07, 6.45) is 3.75. The number of amides is 1. The molecular weight excluding hydrogens is 358 g/mol. The first-order chi connectivity index (χ1) is 12.0. The highest BCUT2D eigenvalue weighted by atomic mass is 35.5. The minimum absolute atomic E-state index is 0. The maximum Gasteiger partial charge on any atom is 0.264 e. The minimum Gasteiger partial charge on any atom is -0.342 e. The van der Waals surface area contributed by atoms with E-state index in [1.165, 1.54) is 5.56 Å². The zero-order valence-corrected chi connectivity index (χ0v) is 15.7. The molecule has 1 saturated heterocycles. The number of hydrogen-bond acceptors (Lipinski definition) is 2. The van der Waals surface area contributed by atoms with Crippen LogP contribution in [-0.2, 0) is 10.2 Å². The van der Waals surface area contributed by atoms with E-state index >= 15 is 0 Å². The number of likely N-dealkylation sites (tertiary alicyclic amines) is 1. The van der Waals surface area contributed by atoms with Gasteiger partial charge in [-0.3, -0.25) is 4.79 Å². The van der Waals surface area contributed by atoms with Crippen molar-refractivity contribution in [2.24, 2.45) is 17.1 Å². The zero-order chi connectivity index (χ0) is 17.7. The average Bonchev–Trinajstić information content (AvgIpc) is 3.16. The molecule has 1 aliphatic heterocycles. The zero-order valence-electron chi connectivity index (χ0n) is 14.9. The number of piperidine rings is 1. The van der Waals surface area contributed by atoms with Gasteiger partial charge in [0.25, 0.3) is 5.92 Å². The van der Waals surface area contributed by atoms with Gasteiger partial charge < -0.3 is 10.6 Å². The third-order valence-corrected chi connectivity index (χ3v) is 7.00. The summed E-state index contributed by atoms with van der Waals surface area (Å²) in [5.74, 6) is -3.23. The molecule has 3 fully saturated rings. The van der Waals surface area contributed by atoms with Gasteiger partial charge in [-0.2, -0.15) is 0 Å². The lowest BCUT2D eigenvalue weighted by molar-refractivity contribution is -0.148. The third kappa shape index (κ3) is 2.75. The number of hydrogen-bond donors (Lipinski definition) is 1. The number of halogens is 3. The Kier molecular flexibility index (Phi) is 5.08. The molecule has 1 heterocycles. The molecule has 0 bridgehead atoms. The van der Waals surface area contributed by atoms with Crippen LogP contribution in [0.1, 0.15) is 44.1 Å². The van der Waals surface area contributed by atoms with E-state index < -0.39 is 11.3 Å². The lowest BCUT2D eigenvalue weighted by Gasteiger charge is -2.44. The number of rotatable bonds is 4. The average molecular weight is 385 g/mol. The maximum absolute atomic E-state index is 14.1. The highest BCUT2D eigenvalue weighted by Crippen LogP contribution is 2.69. The van der Waals surface area contributed by atoms with Crippen LogP contribution in [0.15, 0.2) is 30.3 Å². The molecule has 1 amide bonds. The van der Waals surface area contributed by atoms with E-state index in [4.69, 9.17) is 5.73 Å². The topological polar surface area (TPSA) is 46.3 Å². The Morgan fingerprint density at radius 2 is 1.73 bits per heavy atom. The van der Waals surface area contributed by atoms with Crippen LogP contribution in [0.5, 0.6) is 0 Å². The van der Waals surface area contributed by atoms with Crippen molar-refractivity contribution in [2.75, 3.05) is 19.6 Å². The Morgan fingerprint density at radius 1 is 1.15 bits per heavy atom. The minimum atomic E-state index is -2.81. The second-order valence-electron chi connectivity index (χ2n) is 8.12. The SMILES string of the molecule is Cl.NCC1(c2ccccc2)CCN(C(=O)[C@]2(C3CCC3)CC2(F)F)CC1. The summed E-state index contributed by atoms with van der Waals surface area (Å²) in [6.45, 7) is 1.56. The van der Waals surface area contributed by atoms with Crippen LogP contribution in [0.25, 0.3) is 0 Å². The molecule has 0 radical (unpaired) electrons. The number of carbonyl (C=O) groups is 1. The quantitative estimate of drug-likeness (QED) is 0.859. The molecule has 4 rings (SSSR count). The van der Waals surface area contributed by atoms with Gasteiger partial charge in [0.1, 0.15) is 5.41 Å². The maximum atomic E-state index is 14.1. The molecule has 0 unspecified atom stereocenters. The number of alkyl halides is 2. The van der Waals surface area contributed by atoms with Gasteiger partial charge in [-0.25, -0.2) is 8.78 Å². The van der Waals surface area contributed by atoms with Crippen LogP contribution in [0, 0.1) is 11.3 Å². The van der Waals surface area contributed by atoms with Crippen molar-refractivity contribution in [3.8, 4) is 0 Å². The monoisotopic (exact) mass is 384 g/mol. The molecule has 6 heteroatoms. The lowest BCUT2D eigenvalue weighted by Crippen LogP contribution is -2.52. The fraction of sp³-hybridized carbons (Fsp3) is 0.650. The molecule has 1 aromatic rings. The predicted molar refractivity (Wildman–Crippen MR) is 99.6 cm³/mol. The molecule has 3 aliphatic rings. The van der Waals surface area contributed by atoms with Gasteiger partial charge in [0.2, 0.25) is 5.91 Å². The van der Waals surface area contributed by atoms with E-state index in [2.05, 4.69) is 12.1 Å². The van der Waals surface area contributed by atoms with Crippen molar-refractivity contribution in [3.63, 3.8) is 0 Å². The standard InChI is InChI=1S/C20H26F2N2O.ClH/c21-20(22)13-19(20,16-7-4-8-16)17(25)24-11-9-18(14-23,10-12-24)15-5-2-1-3-6-15;/h1-3,5-6,16H,4,7-14,23H2;1H/t19-;/m1./s1. The first-order valence-corrected chi connectivity index (χ1v) is 9.38. The van der Waals surface area contributed by atoms with Crippen molar-refractivity contribution in [2.45, 2.75) is 49.9 Å². The summed E-state index contributed by atoms with van der Waals surface area (Å²) in [7, 11) is 0. The normalized spacial score (nSPS) is 29.4. The van der Waals surface area contributed by atoms with E-state index in [0.717, 1.165) is 32.1 Å².